The highest BCUT2D eigenvalue weighted by atomic mass is 35.5. The third-order valence-corrected chi connectivity index (χ3v) is 5.69. The van der Waals surface area contributed by atoms with Gasteiger partial charge in [0.1, 0.15) is 18.5 Å². The van der Waals surface area contributed by atoms with Gasteiger partial charge in [0.2, 0.25) is 5.91 Å². The third kappa shape index (κ3) is 4.63. The molecule has 11 nitrogen and oxygen atoms in total. The standard InChI is InChI=1S/C20H20Cl2N6O5/c1-2-23-19(32)16-14(30)15(31)20(33-16)28-8-26-13-17(24-7-25-18(13)28)27-12(29)5-9-3-4-10(21)6-11(9)22/h3-4,6-8,14-16,20,30-31H,2,5H2,1H3,(H,23,32)(H,24,25,27,29)/t14-,15+,16-,20+/m0/s1. The van der Waals surface area contributed by atoms with E-state index in [9.17, 15) is 19.8 Å². The zero-order valence-corrected chi connectivity index (χ0v) is 18.8. The molecule has 4 atom stereocenters. The van der Waals surface area contributed by atoms with Crippen molar-refractivity contribution in [3.05, 3.63) is 46.5 Å². The van der Waals surface area contributed by atoms with Crippen LogP contribution in [0.1, 0.15) is 18.7 Å². The molecule has 13 heteroatoms. The Morgan fingerprint density at radius 1 is 1.18 bits per heavy atom. The molecule has 1 saturated heterocycles. The number of hydrogen-bond acceptors (Lipinski definition) is 8. The first-order valence-corrected chi connectivity index (χ1v) is 10.8. The van der Waals surface area contributed by atoms with Crippen LogP contribution in [0.4, 0.5) is 5.82 Å². The summed E-state index contributed by atoms with van der Waals surface area (Å²) >= 11 is 12.0. The zero-order valence-electron chi connectivity index (χ0n) is 17.3. The maximum absolute atomic E-state index is 12.6. The van der Waals surface area contributed by atoms with Crippen LogP contribution in [0.25, 0.3) is 11.2 Å². The van der Waals surface area contributed by atoms with Crippen LogP contribution in [0.2, 0.25) is 10.0 Å². The minimum atomic E-state index is -1.44. The van der Waals surface area contributed by atoms with Crippen molar-refractivity contribution in [2.45, 2.75) is 37.9 Å². The second kappa shape index (κ2) is 9.57. The molecule has 4 N–H and O–H groups in total. The fraction of sp³-hybridized carbons (Fsp3) is 0.350. The van der Waals surface area contributed by atoms with Crippen molar-refractivity contribution in [2.75, 3.05) is 11.9 Å². The van der Waals surface area contributed by atoms with Gasteiger partial charge in [-0.1, -0.05) is 29.3 Å². The molecule has 1 aromatic carbocycles. The number of benzene rings is 1. The van der Waals surface area contributed by atoms with Crippen LogP contribution in [0.3, 0.4) is 0 Å². The highest BCUT2D eigenvalue weighted by Crippen LogP contribution is 2.32. The molecule has 33 heavy (non-hydrogen) atoms. The number of anilines is 1. The number of nitrogens with zero attached hydrogens (tertiary/aromatic N) is 4. The van der Waals surface area contributed by atoms with Crippen molar-refractivity contribution < 1.29 is 24.5 Å². The van der Waals surface area contributed by atoms with E-state index in [-0.39, 0.29) is 23.4 Å². The molecular weight excluding hydrogens is 475 g/mol. The van der Waals surface area contributed by atoms with Crippen LogP contribution >= 0.6 is 23.2 Å². The van der Waals surface area contributed by atoms with Gasteiger partial charge in [-0.05, 0) is 24.6 Å². The maximum Gasteiger partial charge on any atom is 0.252 e. The van der Waals surface area contributed by atoms with Crippen LogP contribution < -0.4 is 10.6 Å². The minimum Gasteiger partial charge on any atom is -0.387 e. The Hall–Kier alpha value is -2.83. The van der Waals surface area contributed by atoms with Gasteiger partial charge in [-0.3, -0.25) is 14.2 Å². The first kappa shape index (κ1) is 23.3. The number of nitrogens with one attached hydrogen (secondary N) is 2. The zero-order chi connectivity index (χ0) is 23.7. The van der Waals surface area contributed by atoms with Gasteiger partial charge in [0.25, 0.3) is 5.91 Å². The van der Waals surface area contributed by atoms with Crippen LogP contribution in [-0.4, -0.2) is 66.4 Å². The normalized spacial score (nSPS) is 22.5. The molecule has 2 amide bonds. The molecule has 1 aliphatic heterocycles. The summed E-state index contributed by atoms with van der Waals surface area (Å²) in [5.74, 6) is -0.792. The summed E-state index contributed by atoms with van der Waals surface area (Å²) in [7, 11) is 0. The summed E-state index contributed by atoms with van der Waals surface area (Å²) in [5, 5.41) is 26.8. The van der Waals surface area contributed by atoms with Gasteiger partial charge in [0.05, 0.1) is 12.7 Å². The third-order valence-electron chi connectivity index (χ3n) is 5.10. The van der Waals surface area contributed by atoms with Crippen molar-refractivity contribution in [1.29, 1.82) is 0 Å². The van der Waals surface area contributed by atoms with E-state index >= 15 is 0 Å². The van der Waals surface area contributed by atoms with Gasteiger partial charge in [-0.2, -0.15) is 0 Å². The molecule has 3 heterocycles. The lowest BCUT2D eigenvalue weighted by Gasteiger charge is -2.16. The van der Waals surface area contributed by atoms with Crippen LogP contribution in [0, 0.1) is 0 Å². The van der Waals surface area contributed by atoms with E-state index < -0.39 is 36.4 Å². The molecule has 0 unspecified atom stereocenters. The molecule has 0 saturated carbocycles. The summed E-state index contributed by atoms with van der Waals surface area (Å²) < 4.78 is 6.98. The number of hydrogen-bond donors (Lipinski definition) is 4. The Morgan fingerprint density at radius 2 is 1.97 bits per heavy atom. The van der Waals surface area contributed by atoms with Gasteiger partial charge in [0, 0.05) is 16.6 Å². The van der Waals surface area contributed by atoms with Crippen molar-refractivity contribution in [3.8, 4) is 0 Å². The average molecular weight is 495 g/mol. The lowest BCUT2D eigenvalue weighted by Crippen LogP contribution is -2.42. The number of carbonyl (C=O) groups excluding carboxylic acids is 2. The van der Waals surface area contributed by atoms with Crippen molar-refractivity contribution in [2.24, 2.45) is 0 Å². The van der Waals surface area contributed by atoms with Crippen molar-refractivity contribution in [1.82, 2.24) is 24.8 Å². The number of ether oxygens (including phenoxy) is 1. The van der Waals surface area contributed by atoms with Gasteiger partial charge in [-0.25, -0.2) is 15.0 Å². The summed E-state index contributed by atoms with van der Waals surface area (Å²) in [5.41, 5.74) is 1.06. The lowest BCUT2D eigenvalue weighted by molar-refractivity contribution is -0.137. The number of aromatic nitrogens is 4. The minimum absolute atomic E-state index is 0.0208. The first-order valence-electron chi connectivity index (χ1n) is 10.0. The van der Waals surface area contributed by atoms with Gasteiger partial charge < -0.3 is 25.6 Å². The van der Waals surface area contributed by atoms with Gasteiger partial charge >= 0.3 is 0 Å². The van der Waals surface area contributed by atoms with E-state index in [1.165, 1.54) is 17.2 Å². The number of rotatable bonds is 6. The van der Waals surface area contributed by atoms with Crippen LogP contribution in [-0.2, 0) is 20.7 Å². The number of amides is 2. The maximum atomic E-state index is 12.6. The predicted molar refractivity (Wildman–Crippen MR) is 119 cm³/mol. The van der Waals surface area contributed by atoms with E-state index in [0.29, 0.717) is 22.2 Å². The molecule has 0 bridgehead atoms. The van der Waals surface area contributed by atoms with Crippen molar-refractivity contribution >= 4 is 52.0 Å². The number of carbonyl (C=O) groups is 2. The topological polar surface area (TPSA) is 151 Å². The fourth-order valence-electron chi connectivity index (χ4n) is 3.52. The molecule has 0 spiro atoms. The first-order chi connectivity index (χ1) is 15.8. The Morgan fingerprint density at radius 3 is 2.70 bits per heavy atom. The average Bonchev–Trinajstić information content (AvgIpc) is 3.32. The molecule has 1 aliphatic rings. The summed E-state index contributed by atoms with van der Waals surface area (Å²) in [6.45, 7) is 2.07. The second-order valence-corrected chi connectivity index (χ2v) is 8.17. The van der Waals surface area contributed by atoms with E-state index in [1.54, 1.807) is 25.1 Å². The fourth-order valence-corrected chi connectivity index (χ4v) is 4.00. The van der Waals surface area contributed by atoms with E-state index in [2.05, 4.69) is 25.6 Å². The Kier molecular flexibility index (Phi) is 6.77. The molecule has 174 valence electrons. The molecular formula is C20H20Cl2N6O5. The monoisotopic (exact) mass is 494 g/mol. The molecule has 1 fully saturated rings. The molecule has 2 aromatic heterocycles. The predicted octanol–water partition coefficient (Wildman–Crippen LogP) is 1.07. The SMILES string of the molecule is CCNC(=O)[C@H]1O[C@@H](n2cnc3c(NC(=O)Cc4ccc(Cl)cc4Cl)ncnc32)[C@H](O)[C@@H]1O. The lowest BCUT2D eigenvalue weighted by atomic mass is 10.1. The summed E-state index contributed by atoms with van der Waals surface area (Å²) in [6.07, 6.45) is -2.71. The van der Waals surface area contributed by atoms with E-state index in [4.69, 9.17) is 27.9 Å². The number of aliphatic hydroxyl groups excluding tert-OH is 2. The molecule has 0 aliphatic carbocycles. The van der Waals surface area contributed by atoms with Gasteiger partial charge in [-0.15, -0.1) is 0 Å². The summed E-state index contributed by atoms with van der Waals surface area (Å²) in [6, 6.07) is 4.84. The largest absolute Gasteiger partial charge is 0.387 e. The number of aliphatic hydroxyl groups is 2. The second-order valence-electron chi connectivity index (χ2n) is 7.33. The smallest absolute Gasteiger partial charge is 0.252 e. The molecule has 3 aromatic rings. The number of likely N-dealkylation sites (N-methyl/N-ethyl adjacent to an activating group) is 1. The van der Waals surface area contributed by atoms with Gasteiger partial charge in [0.15, 0.2) is 29.3 Å². The Bertz CT molecular complexity index is 1200. The van der Waals surface area contributed by atoms with E-state index in [0.717, 1.165) is 0 Å². The highest BCUT2D eigenvalue weighted by molar-refractivity contribution is 6.35. The Balaban J connectivity index is 1.56. The van der Waals surface area contributed by atoms with Crippen molar-refractivity contribution in [3.63, 3.8) is 0 Å². The Labute approximate surface area is 197 Å². The number of imidazole rings is 1. The van der Waals surface area contributed by atoms with E-state index in [1.807, 2.05) is 0 Å². The number of fused-ring (bicyclic) bond motifs is 1. The van der Waals surface area contributed by atoms with Crippen LogP contribution in [0.15, 0.2) is 30.9 Å². The highest BCUT2D eigenvalue weighted by Gasteiger charge is 2.47. The van der Waals surface area contributed by atoms with Crippen LogP contribution in [0.5, 0.6) is 0 Å². The quantitative estimate of drug-likeness (QED) is 0.397. The molecule has 0 radical (unpaired) electrons. The molecule has 4 rings (SSSR count). The summed E-state index contributed by atoms with van der Waals surface area (Å²) in [4.78, 5) is 37.1. The number of halogens is 2.